The first-order chi connectivity index (χ1) is 15.1. The molecule has 5 nitrogen and oxygen atoms in total. The zero-order valence-electron chi connectivity index (χ0n) is 19.0. The van der Waals surface area contributed by atoms with Gasteiger partial charge in [-0.3, -0.25) is 0 Å². The lowest BCUT2D eigenvalue weighted by atomic mass is 10.1. The van der Waals surface area contributed by atoms with Crippen LogP contribution < -0.4 is 9.47 Å². The summed E-state index contributed by atoms with van der Waals surface area (Å²) in [5.41, 5.74) is 4.37. The molecule has 2 unspecified atom stereocenters. The maximum Gasteiger partial charge on any atom is 0.125 e. The van der Waals surface area contributed by atoms with Crippen molar-refractivity contribution in [1.29, 1.82) is 0 Å². The first-order valence-corrected chi connectivity index (χ1v) is 10.9. The van der Waals surface area contributed by atoms with E-state index in [1.54, 1.807) is 6.21 Å². The molecule has 2 aromatic rings. The summed E-state index contributed by atoms with van der Waals surface area (Å²) >= 11 is 0. The second kappa shape index (κ2) is 11.6. The number of rotatable bonds is 10. The molecule has 0 heterocycles. The molecule has 1 aliphatic rings. The van der Waals surface area contributed by atoms with Crippen LogP contribution in [0.1, 0.15) is 48.4 Å². The van der Waals surface area contributed by atoms with Gasteiger partial charge in [-0.25, -0.2) is 0 Å². The van der Waals surface area contributed by atoms with Crippen molar-refractivity contribution in [2.45, 2.75) is 58.8 Å². The van der Waals surface area contributed by atoms with Crippen molar-refractivity contribution >= 4 is 6.21 Å². The highest BCUT2D eigenvalue weighted by Crippen LogP contribution is 2.33. The molecule has 2 aromatic carbocycles. The highest BCUT2D eigenvalue weighted by Gasteiger charge is 2.27. The number of hydrogen-bond donors (Lipinski definition) is 0. The van der Waals surface area contributed by atoms with Gasteiger partial charge in [-0.2, -0.15) is 0 Å². The minimum Gasteiger partial charge on any atom is -0.490 e. The van der Waals surface area contributed by atoms with Crippen molar-refractivity contribution in [3.8, 4) is 11.5 Å². The number of ether oxygens (including phenoxy) is 3. The van der Waals surface area contributed by atoms with E-state index >= 15 is 0 Å². The van der Waals surface area contributed by atoms with E-state index in [1.807, 2.05) is 31.2 Å². The summed E-state index contributed by atoms with van der Waals surface area (Å²) in [6.07, 6.45) is 9.03. The number of nitrogens with zero attached hydrogens (tertiary/aromatic N) is 1. The maximum absolute atomic E-state index is 6.38. The minimum atomic E-state index is 0.185. The highest BCUT2D eigenvalue weighted by molar-refractivity contribution is 5.79. The van der Waals surface area contributed by atoms with Crippen LogP contribution in [0.4, 0.5) is 0 Å². The predicted molar refractivity (Wildman–Crippen MR) is 124 cm³/mol. The summed E-state index contributed by atoms with van der Waals surface area (Å²) in [6, 6.07) is 12.3. The molecule has 2 atom stereocenters. The molecule has 0 N–H and O–H groups in total. The van der Waals surface area contributed by atoms with Crippen LogP contribution in [-0.2, 0) is 16.2 Å². The summed E-state index contributed by atoms with van der Waals surface area (Å²) in [5, 5.41) is 3.78. The van der Waals surface area contributed by atoms with Crippen LogP contribution in [0.15, 0.2) is 53.7 Å². The van der Waals surface area contributed by atoms with E-state index in [9.17, 15) is 0 Å². The lowest BCUT2D eigenvalue weighted by molar-refractivity contribution is 0.0377. The van der Waals surface area contributed by atoms with Crippen molar-refractivity contribution in [3.05, 3.63) is 70.8 Å². The monoisotopic (exact) mass is 423 g/mol. The fourth-order valence-corrected chi connectivity index (χ4v) is 3.77. The van der Waals surface area contributed by atoms with E-state index in [2.05, 4.69) is 43.3 Å². The molecule has 5 heteroatoms. The molecular formula is C26H33NO4. The van der Waals surface area contributed by atoms with E-state index in [0.29, 0.717) is 13.2 Å². The summed E-state index contributed by atoms with van der Waals surface area (Å²) in [4.78, 5) is 4.71. The van der Waals surface area contributed by atoms with Crippen LogP contribution in [0.3, 0.4) is 0 Å². The molecule has 3 rings (SSSR count). The molecule has 1 saturated carbocycles. The molecule has 0 saturated heterocycles. The second-order valence-corrected chi connectivity index (χ2v) is 7.91. The van der Waals surface area contributed by atoms with Gasteiger partial charge in [0.2, 0.25) is 0 Å². The Morgan fingerprint density at radius 3 is 2.42 bits per heavy atom. The average Bonchev–Trinajstić information content (AvgIpc) is 3.22. The Morgan fingerprint density at radius 1 is 1.03 bits per heavy atom. The smallest absolute Gasteiger partial charge is 0.125 e. The van der Waals surface area contributed by atoms with Gasteiger partial charge in [0.25, 0.3) is 0 Å². The Kier molecular flexibility index (Phi) is 8.53. The summed E-state index contributed by atoms with van der Waals surface area (Å²) in [7, 11) is 1.54. The molecule has 0 aromatic heterocycles. The van der Waals surface area contributed by atoms with Crippen molar-refractivity contribution < 1.29 is 19.0 Å². The Morgan fingerprint density at radius 2 is 1.74 bits per heavy atom. The molecule has 0 aliphatic heterocycles. The average molecular weight is 424 g/mol. The van der Waals surface area contributed by atoms with Crippen LogP contribution in [0.5, 0.6) is 11.5 Å². The fraction of sp³-hybridized carbons (Fsp3) is 0.423. The van der Waals surface area contributed by atoms with Gasteiger partial charge >= 0.3 is 0 Å². The minimum absolute atomic E-state index is 0.185. The van der Waals surface area contributed by atoms with Gasteiger partial charge in [0.05, 0.1) is 18.9 Å². The van der Waals surface area contributed by atoms with Gasteiger partial charge in [0.1, 0.15) is 31.3 Å². The molecule has 0 amide bonds. The Labute approximate surface area is 185 Å². The molecule has 0 spiro atoms. The van der Waals surface area contributed by atoms with E-state index in [1.165, 1.54) is 7.11 Å². The van der Waals surface area contributed by atoms with Crippen LogP contribution >= 0.6 is 0 Å². The first-order valence-electron chi connectivity index (χ1n) is 10.9. The number of hydrogen-bond acceptors (Lipinski definition) is 5. The first kappa shape index (κ1) is 22.9. The second-order valence-electron chi connectivity index (χ2n) is 7.91. The summed E-state index contributed by atoms with van der Waals surface area (Å²) < 4.78 is 18.3. The quantitative estimate of drug-likeness (QED) is 0.277. The predicted octanol–water partition coefficient (Wildman–Crippen LogP) is 5.76. The van der Waals surface area contributed by atoms with Gasteiger partial charge in [0, 0.05) is 6.42 Å². The van der Waals surface area contributed by atoms with E-state index in [4.69, 9.17) is 19.0 Å². The van der Waals surface area contributed by atoms with Crippen molar-refractivity contribution in [3.63, 3.8) is 0 Å². The Balaban J connectivity index is 1.49. The van der Waals surface area contributed by atoms with Crippen LogP contribution in [0.25, 0.3) is 0 Å². The van der Waals surface area contributed by atoms with Gasteiger partial charge in [0.15, 0.2) is 0 Å². The third kappa shape index (κ3) is 6.86. The molecular weight excluding hydrogens is 390 g/mol. The number of aryl methyl sites for hydroxylation is 2. The summed E-state index contributed by atoms with van der Waals surface area (Å²) in [6.45, 7) is 7.34. The van der Waals surface area contributed by atoms with Crippen molar-refractivity contribution in [2.75, 3.05) is 13.7 Å². The largest absolute Gasteiger partial charge is 0.490 e. The van der Waals surface area contributed by atoms with Gasteiger partial charge < -0.3 is 19.0 Å². The van der Waals surface area contributed by atoms with E-state index < -0.39 is 0 Å². The molecule has 166 valence electrons. The third-order valence-electron chi connectivity index (χ3n) is 5.41. The number of oxime groups is 1. The van der Waals surface area contributed by atoms with Crippen molar-refractivity contribution in [2.24, 2.45) is 5.16 Å². The summed E-state index contributed by atoms with van der Waals surface area (Å²) in [5.74, 6) is 1.85. The molecule has 0 bridgehead atoms. The van der Waals surface area contributed by atoms with Gasteiger partial charge in [-0.15, -0.1) is 0 Å². The van der Waals surface area contributed by atoms with Crippen LogP contribution in [0, 0.1) is 13.8 Å². The topological polar surface area (TPSA) is 49.3 Å². The third-order valence-corrected chi connectivity index (χ3v) is 5.41. The fourth-order valence-electron chi connectivity index (χ4n) is 3.77. The standard InChI is InChI=1S/C26H33NO4/c1-5-6-13-29-25-14-19(2)26(20(3)15-25)31-24-12-11-23(16-24)30-18-22-9-7-21(8-10-22)17-27-28-4/h5-10,14-15,17,23-24H,11-13,16,18H2,1-4H3/b6-5+,27-17?. The lowest BCUT2D eigenvalue weighted by Gasteiger charge is -2.19. The molecule has 1 fully saturated rings. The van der Waals surface area contributed by atoms with E-state index in [0.717, 1.165) is 53.0 Å². The number of benzene rings is 2. The van der Waals surface area contributed by atoms with Crippen molar-refractivity contribution in [1.82, 2.24) is 0 Å². The van der Waals surface area contributed by atoms with E-state index in [-0.39, 0.29) is 12.2 Å². The maximum atomic E-state index is 6.38. The highest BCUT2D eigenvalue weighted by atomic mass is 16.6. The number of allylic oxidation sites excluding steroid dienone is 1. The Bertz CT molecular complexity index is 866. The zero-order valence-corrected chi connectivity index (χ0v) is 19.0. The lowest BCUT2D eigenvalue weighted by Crippen LogP contribution is -2.16. The van der Waals surface area contributed by atoms with Gasteiger partial charge in [-0.1, -0.05) is 41.6 Å². The molecule has 1 aliphatic carbocycles. The Hall–Kier alpha value is -2.79. The molecule has 0 radical (unpaired) electrons. The van der Waals surface area contributed by atoms with Crippen LogP contribution in [0.2, 0.25) is 0 Å². The van der Waals surface area contributed by atoms with Gasteiger partial charge in [-0.05, 0) is 68.0 Å². The zero-order chi connectivity index (χ0) is 22.1. The normalized spacial score (nSPS) is 18.7. The SMILES string of the molecule is C/C=C/COc1cc(C)c(OC2CCC(OCc3ccc(C=NOC)cc3)C2)c(C)c1. The van der Waals surface area contributed by atoms with Crippen LogP contribution in [-0.4, -0.2) is 32.1 Å². The molecule has 31 heavy (non-hydrogen) atoms.